The Morgan fingerprint density at radius 2 is 1.76 bits per heavy atom. The van der Waals surface area contributed by atoms with Crippen LogP contribution in [0.3, 0.4) is 0 Å². The van der Waals surface area contributed by atoms with Crippen molar-refractivity contribution in [2.24, 2.45) is 10.9 Å². The van der Waals surface area contributed by atoms with Gasteiger partial charge in [-0.05, 0) is 23.3 Å². The molecule has 1 aliphatic rings. The molecule has 0 radical (unpaired) electrons. The van der Waals surface area contributed by atoms with Crippen LogP contribution in [0.4, 0.5) is 0 Å². The standard InChI is InChI=1S/C17H25N3O/c1-11(2)10-14-16(21)20-19-15(18-14)12-6-8-13(9-7-12)17(3,4)5/h6-9,11,14H,10H2,1-5H3,(H,18,19)(H,20,21). The first-order valence-electron chi connectivity index (χ1n) is 7.52. The molecule has 1 aliphatic heterocycles. The molecular formula is C17H25N3O. The van der Waals surface area contributed by atoms with E-state index in [4.69, 9.17) is 0 Å². The molecule has 4 nitrogen and oxygen atoms in total. The lowest BCUT2D eigenvalue weighted by Gasteiger charge is -2.24. The fraction of sp³-hybridized carbons (Fsp3) is 0.529. The number of carbonyl (C=O) groups is 1. The maximum absolute atomic E-state index is 11.8. The third-order valence-corrected chi connectivity index (χ3v) is 3.61. The number of aliphatic imine (C=N–C) groups is 1. The summed E-state index contributed by atoms with van der Waals surface area (Å²) in [5.41, 5.74) is 8.02. The summed E-state index contributed by atoms with van der Waals surface area (Å²) in [6, 6.07) is 8.04. The normalized spacial score (nSPS) is 19.0. The number of carbonyl (C=O) groups excluding carboxylic acids is 1. The monoisotopic (exact) mass is 287 g/mol. The number of hydrogen-bond donors (Lipinski definition) is 2. The number of nitrogens with one attached hydrogen (secondary N) is 2. The first-order chi connectivity index (χ1) is 9.77. The molecule has 21 heavy (non-hydrogen) atoms. The number of hydrazine groups is 1. The van der Waals surface area contributed by atoms with Crippen molar-refractivity contribution in [1.82, 2.24) is 10.9 Å². The van der Waals surface area contributed by atoms with E-state index < -0.39 is 0 Å². The van der Waals surface area contributed by atoms with Gasteiger partial charge in [-0.15, -0.1) is 0 Å². The number of amides is 1. The van der Waals surface area contributed by atoms with Gasteiger partial charge in [0.15, 0.2) is 0 Å². The molecule has 1 unspecified atom stereocenters. The second kappa shape index (κ2) is 5.88. The van der Waals surface area contributed by atoms with Crippen molar-refractivity contribution in [1.29, 1.82) is 0 Å². The van der Waals surface area contributed by atoms with Gasteiger partial charge in [0, 0.05) is 5.56 Å². The highest BCUT2D eigenvalue weighted by Crippen LogP contribution is 2.22. The quantitative estimate of drug-likeness (QED) is 0.898. The van der Waals surface area contributed by atoms with Crippen LogP contribution in [0.15, 0.2) is 29.3 Å². The van der Waals surface area contributed by atoms with Gasteiger partial charge in [-0.2, -0.15) is 0 Å². The topological polar surface area (TPSA) is 53.5 Å². The largest absolute Gasteiger partial charge is 0.282 e. The lowest BCUT2D eigenvalue weighted by Crippen LogP contribution is -2.51. The van der Waals surface area contributed by atoms with Gasteiger partial charge in [0.2, 0.25) is 0 Å². The Morgan fingerprint density at radius 3 is 2.29 bits per heavy atom. The number of amidine groups is 1. The molecule has 0 spiro atoms. The molecular weight excluding hydrogens is 262 g/mol. The zero-order valence-electron chi connectivity index (χ0n) is 13.5. The number of benzene rings is 1. The summed E-state index contributed by atoms with van der Waals surface area (Å²) in [6.45, 7) is 10.8. The van der Waals surface area contributed by atoms with Crippen LogP contribution in [0.1, 0.15) is 52.2 Å². The molecule has 0 fully saturated rings. The molecule has 114 valence electrons. The fourth-order valence-corrected chi connectivity index (χ4v) is 2.33. The summed E-state index contributed by atoms with van der Waals surface area (Å²) in [6.07, 6.45) is 0.761. The average Bonchev–Trinajstić information content (AvgIpc) is 2.40. The van der Waals surface area contributed by atoms with Crippen LogP contribution in [-0.2, 0) is 10.2 Å². The van der Waals surface area contributed by atoms with Crippen LogP contribution >= 0.6 is 0 Å². The second-order valence-corrected chi connectivity index (χ2v) is 7.06. The zero-order chi connectivity index (χ0) is 15.6. The Balaban J connectivity index is 2.23. The van der Waals surface area contributed by atoms with Crippen molar-refractivity contribution in [2.75, 3.05) is 0 Å². The minimum absolute atomic E-state index is 0.0567. The van der Waals surface area contributed by atoms with E-state index in [0.717, 1.165) is 17.8 Å². The van der Waals surface area contributed by atoms with E-state index in [-0.39, 0.29) is 17.4 Å². The lowest BCUT2D eigenvalue weighted by molar-refractivity contribution is -0.123. The van der Waals surface area contributed by atoms with Gasteiger partial charge in [0.05, 0.1) is 0 Å². The van der Waals surface area contributed by atoms with Crippen molar-refractivity contribution >= 4 is 11.7 Å². The number of hydrogen-bond acceptors (Lipinski definition) is 3. The van der Waals surface area contributed by atoms with Crippen LogP contribution < -0.4 is 10.9 Å². The molecule has 1 aromatic rings. The summed E-state index contributed by atoms with van der Waals surface area (Å²) in [7, 11) is 0. The van der Waals surface area contributed by atoms with Crippen molar-refractivity contribution in [2.45, 2.75) is 52.5 Å². The van der Waals surface area contributed by atoms with Gasteiger partial charge in [0.25, 0.3) is 5.91 Å². The van der Waals surface area contributed by atoms with Crippen molar-refractivity contribution in [3.8, 4) is 0 Å². The van der Waals surface area contributed by atoms with Gasteiger partial charge >= 0.3 is 0 Å². The first-order valence-corrected chi connectivity index (χ1v) is 7.52. The molecule has 0 bridgehead atoms. The SMILES string of the molecule is CC(C)CC1N=C(c2ccc(C(C)(C)C)cc2)NNC1=O. The molecule has 0 saturated carbocycles. The van der Waals surface area contributed by atoms with Gasteiger partial charge in [0.1, 0.15) is 11.9 Å². The summed E-state index contributed by atoms with van der Waals surface area (Å²) < 4.78 is 0. The van der Waals surface area contributed by atoms with Gasteiger partial charge in [-0.3, -0.25) is 20.6 Å². The van der Waals surface area contributed by atoms with E-state index in [1.165, 1.54) is 5.56 Å². The third kappa shape index (κ3) is 3.84. The minimum Gasteiger partial charge on any atom is -0.282 e. The highest BCUT2D eigenvalue weighted by Gasteiger charge is 2.24. The number of rotatable bonds is 3. The van der Waals surface area contributed by atoms with Crippen LogP contribution in [-0.4, -0.2) is 17.8 Å². The van der Waals surface area contributed by atoms with Gasteiger partial charge in [-0.25, -0.2) is 0 Å². The van der Waals surface area contributed by atoms with Crippen LogP contribution in [0.25, 0.3) is 0 Å². The molecule has 2 rings (SSSR count). The van der Waals surface area contributed by atoms with E-state index in [2.05, 4.69) is 74.7 Å². The average molecular weight is 287 g/mol. The minimum atomic E-state index is -0.302. The Hall–Kier alpha value is -1.84. The van der Waals surface area contributed by atoms with E-state index in [9.17, 15) is 4.79 Å². The Labute approximate surface area is 127 Å². The fourth-order valence-electron chi connectivity index (χ4n) is 2.33. The van der Waals surface area contributed by atoms with E-state index in [1.54, 1.807) is 0 Å². The smallest absolute Gasteiger partial charge is 0.263 e. The summed E-state index contributed by atoms with van der Waals surface area (Å²) in [5.74, 6) is 1.12. The highest BCUT2D eigenvalue weighted by molar-refractivity contribution is 6.03. The molecule has 4 heteroatoms. The molecule has 1 atom stereocenters. The third-order valence-electron chi connectivity index (χ3n) is 3.61. The second-order valence-electron chi connectivity index (χ2n) is 7.06. The lowest BCUT2D eigenvalue weighted by atomic mass is 9.86. The zero-order valence-corrected chi connectivity index (χ0v) is 13.5. The molecule has 1 amide bonds. The van der Waals surface area contributed by atoms with Gasteiger partial charge < -0.3 is 0 Å². The Bertz CT molecular complexity index is 538. The maximum Gasteiger partial charge on any atom is 0.263 e. The van der Waals surface area contributed by atoms with Crippen LogP contribution in [0, 0.1) is 5.92 Å². The summed E-state index contributed by atoms with van der Waals surface area (Å²) in [5, 5.41) is 0. The van der Waals surface area contributed by atoms with E-state index in [1.807, 2.05) is 0 Å². The molecule has 2 N–H and O–H groups in total. The highest BCUT2D eigenvalue weighted by atomic mass is 16.2. The Kier molecular flexibility index (Phi) is 4.35. The van der Waals surface area contributed by atoms with Crippen molar-refractivity contribution in [3.05, 3.63) is 35.4 Å². The predicted molar refractivity (Wildman–Crippen MR) is 86.2 cm³/mol. The summed E-state index contributed by atoms with van der Waals surface area (Å²) >= 11 is 0. The van der Waals surface area contributed by atoms with Gasteiger partial charge in [-0.1, -0.05) is 58.9 Å². The molecule has 1 heterocycles. The molecule has 1 aromatic carbocycles. The maximum atomic E-state index is 11.8. The molecule has 0 saturated heterocycles. The molecule has 0 aromatic heterocycles. The number of nitrogens with zero attached hydrogens (tertiary/aromatic N) is 1. The summed E-state index contributed by atoms with van der Waals surface area (Å²) in [4.78, 5) is 16.4. The van der Waals surface area contributed by atoms with E-state index in [0.29, 0.717) is 5.92 Å². The first kappa shape index (κ1) is 15.5. The molecule has 0 aliphatic carbocycles. The van der Waals surface area contributed by atoms with Crippen molar-refractivity contribution in [3.63, 3.8) is 0 Å². The van der Waals surface area contributed by atoms with E-state index >= 15 is 0 Å². The predicted octanol–water partition coefficient (Wildman–Crippen LogP) is 2.78. The van der Waals surface area contributed by atoms with Crippen LogP contribution in [0.5, 0.6) is 0 Å². The Morgan fingerprint density at radius 1 is 1.14 bits per heavy atom. The van der Waals surface area contributed by atoms with Crippen molar-refractivity contribution < 1.29 is 4.79 Å². The van der Waals surface area contributed by atoms with Crippen LogP contribution in [0.2, 0.25) is 0 Å².